The number of hydrogen-bond acceptors (Lipinski definition) is 4. The van der Waals surface area contributed by atoms with E-state index >= 15 is 0 Å². The van der Waals surface area contributed by atoms with Gasteiger partial charge in [0.2, 0.25) is 0 Å². The quantitative estimate of drug-likeness (QED) is 0.444. The number of ketones is 1. The number of nitrogens with two attached hydrogens (primary N) is 1. The van der Waals surface area contributed by atoms with Gasteiger partial charge in [0.1, 0.15) is 5.75 Å². The third-order valence-electron chi connectivity index (χ3n) is 5.09. The predicted octanol–water partition coefficient (Wildman–Crippen LogP) is 4.91. The molecule has 4 N–H and O–H groups in total. The van der Waals surface area contributed by atoms with E-state index in [1.165, 1.54) is 6.08 Å². The molecule has 3 aromatic carbocycles. The second-order valence-electron chi connectivity index (χ2n) is 7.14. The van der Waals surface area contributed by atoms with Gasteiger partial charge in [-0.3, -0.25) is 4.79 Å². The molecule has 0 aromatic heterocycles. The number of hydrogen-bond donors (Lipinski definition) is 3. The second-order valence-corrected chi connectivity index (χ2v) is 7.14. The van der Waals surface area contributed by atoms with Crippen LogP contribution in [0.4, 0.5) is 5.69 Å². The molecular formula is C24H20N2O2. The molecule has 4 rings (SSSR count). The van der Waals surface area contributed by atoms with E-state index in [1.54, 1.807) is 6.07 Å². The summed E-state index contributed by atoms with van der Waals surface area (Å²) in [6.07, 6.45) is 1.51. The van der Waals surface area contributed by atoms with Crippen molar-refractivity contribution in [3.05, 3.63) is 88.5 Å². The molecule has 3 aromatic rings. The summed E-state index contributed by atoms with van der Waals surface area (Å²) in [5, 5.41) is 19.4. The number of aryl methyl sites for hydroxylation is 2. The van der Waals surface area contributed by atoms with E-state index in [9.17, 15) is 9.90 Å². The summed E-state index contributed by atoms with van der Waals surface area (Å²) in [5.41, 5.74) is 11.6. The van der Waals surface area contributed by atoms with Gasteiger partial charge in [-0.15, -0.1) is 0 Å². The number of Topliss-reactive ketones (excluding diaryl/α,β-unsaturated/α-hetero) is 1. The highest BCUT2D eigenvalue weighted by atomic mass is 16.3. The van der Waals surface area contributed by atoms with Gasteiger partial charge in [0.25, 0.3) is 0 Å². The van der Waals surface area contributed by atoms with Gasteiger partial charge in [0, 0.05) is 16.8 Å². The van der Waals surface area contributed by atoms with E-state index in [1.807, 2.05) is 62.4 Å². The highest BCUT2D eigenvalue weighted by Crippen LogP contribution is 2.42. The number of fused-ring (bicyclic) bond motifs is 1. The standard InChI is InChI=1S/C24H20N2O2/c1-13-3-7-15(8-4-13)17-11-19(25)22-21(23(17)27)20(26)12-18(24(22)28)16-9-5-14(2)6-10-16/h3-12,25,28H,26H2,1-2H3. The van der Waals surface area contributed by atoms with Crippen molar-refractivity contribution in [3.8, 4) is 16.9 Å². The Hall–Kier alpha value is -3.66. The van der Waals surface area contributed by atoms with Crippen LogP contribution in [0.3, 0.4) is 0 Å². The summed E-state index contributed by atoms with van der Waals surface area (Å²) in [6.45, 7) is 3.96. The number of aromatic hydroxyl groups is 1. The van der Waals surface area contributed by atoms with Crippen LogP contribution < -0.4 is 5.73 Å². The lowest BCUT2D eigenvalue weighted by molar-refractivity contribution is 0.105. The molecule has 28 heavy (non-hydrogen) atoms. The average molecular weight is 368 g/mol. The number of phenolic OH excluding ortho intramolecular Hbond substituents is 1. The SMILES string of the molecule is Cc1ccc(C2=CC(=N)c3c(O)c(-c4ccc(C)cc4)cc(N)c3C2=O)cc1. The molecular weight excluding hydrogens is 348 g/mol. The Morgan fingerprint density at radius 3 is 1.96 bits per heavy atom. The van der Waals surface area contributed by atoms with Crippen molar-refractivity contribution in [2.24, 2.45) is 0 Å². The van der Waals surface area contributed by atoms with Gasteiger partial charge in [0.05, 0.1) is 16.8 Å². The average Bonchev–Trinajstić information content (AvgIpc) is 2.67. The van der Waals surface area contributed by atoms with E-state index < -0.39 is 0 Å². The van der Waals surface area contributed by atoms with Crippen LogP contribution in [-0.2, 0) is 0 Å². The fraction of sp³-hybridized carbons (Fsp3) is 0.0833. The van der Waals surface area contributed by atoms with E-state index in [0.29, 0.717) is 11.1 Å². The van der Waals surface area contributed by atoms with Crippen LogP contribution in [0.1, 0.15) is 32.6 Å². The molecule has 0 unspecified atom stereocenters. The van der Waals surface area contributed by atoms with E-state index in [4.69, 9.17) is 11.1 Å². The first-order valence-electron chi connectivity index (χ1n) is 9.01. The monoisotopic (exact) mass is 368 g/mol. The van der Waals surface area contributed by atoms with Gasteiger partial charge in [0.15, 0.2) is 5.78 Å². The summed E-state index contributed by atoms with van der Waals surface area (Å²) in [6, 6.07) is 16.8. The maximum atomic E-state index is 13.2. The Balaban J connectivity index is 1.88. The zero-order valence-electron chi connectivity index (χ0n) is 15.7. The number of nitrogens with one attached hydrogen (secondary N) is 1. The smallest absolute Gasteiger partial charge is 0.196 e. The highest BCUT2D eigenvalue weighted by molar-refractivity contribution is 6.41. The molecule has 0 amide bonds. The Labute approximate surface area is 163 Å². The maximum absolute atomic E-state index is 13.2. The van der Waals surface area contributed by atoms with Crippen molar-refractivity contribution in [1.29, 1.82) is 5.41 Å². The molecule has 4 nitrogen and oxygen atoms in total. The largest absolute Gasteiger partial charge is 0.507 e. The van der Waals surface area contributed by atoms with Gasteiger partial charge in [-0.05, 0) is 37.1 Å². The fourth-order valence-electron chi connectivity index (χ4n) is 3.52. The summed E-state index contributed by atoms with van der Waals surface area (Å²) in [5.74, 6) is -0.372. The molecule has 0 radical (unpaired) electrons. The van der Waals surface area contributed by atoms with Gasteiger partial charge >= 0.3 is 0 Å². The molecule has 1 aliphatic rings. The van der Waals surface area contributed by atoms with Crippen molar-refractivity contribution in [3.63, 3.8) is 0 Å². The van der Waals surface area contributed by atoms with Gasteiger partial charge in [-0.2, -0.15) is 0 Å². The number of nitrogen functional groups attached to an aromatic ring is 1. The molecule has 0 aliphatic heterocycles. The summed E-state index contributed by atoms with van der Waals surface area (Å²) < 4.78 is 0. The van der Waals surface area contributed by atoms with Crippen LogP contribution in [-0.4, -0.2) is 16.6 Å². The van der Waals surface area contributed by atoms with Gasteiger partial charge in [-0.25, -0.2) is 0 Å². The van der Waals surface area contributed by atoms with Crippen LogP contribution in [0.25, 0.3) is 16.7 Å². The molecule has 4 heteroatoms. The van der Waals surface area contributed by atoms with Crippen molar-refractivity contribution < 1.29 is 9.90 Å². The minimum Gasteiger partial charge on any atom is -0.507 e. The molecule has 0 fully saturated rings. The van der Waals surface area contributed by atoms with Crippen molar-refractivity contribution in [1.82, 2.24) is 0 Å². The first kappa shape index (κ1) is 17.7. The van der Waals surface area contributed by atoms with Crippen LogP contribution >= 0.6 is 0 Å². The molecule has 138 valence electrons. The minimum absolute atomic E-state index is 0.0725. The lowest BCUT2D eigenvalue weighted by Crippen LogP contribution is -2.19. The van der Waals surface area contributed by atoms with Crippen molar-refractivity contribution in [2.75, 3.05) is 5.73 Å². The van der Waals surface area contributed by atoms with Crippen LogP contribution in [0.5, 0.6) is 5.75 Å². The summed E-state index contributed by atoms with van der Waals surface area (Å²) >= 11 is 0. The lowest BCUT2D eigenvalue weighted by Gasteiger charge is -2.22. The number of benzene rings is 3. The van der Waals surface area contributed by atoms with Crippen molar-refractivity contribution >= 4 is 22.8 Å². The number of allylic oxidation sites excluding steroid dienone is 2. The van der Waals surface area contributed by atoms with Crippen molar-refractivity contribution in [2.45, 2.75) is 13.8 Å². The van der Waals surface area contributed by atoms with Crippen LogP contribution in [0.2, 0.25) is 0 Å². The van der Waals surface area contributed by atoms with E-state index in [0.717, 1.165) is 22.3 Å². The van der Waals surface area contributed by atoms with Crippen LogP contribution in [0.15, 0.2) is 60.7 Å². The molecule has 0 heterocycles. The lowest BCUT2D eigenvalue weighted by atomic mass is 9.82. The normalized spacial score (nSPS) is 13.3. The Bertz CT molecular complexity index is 1150. The number of phenols is 1. The first-order chi connectivity index (χ1) is 13.4. The number of carbonyl (C=O) groups is 1. The van der Waals surface area contributed by atoms with Gasteiger partial charge < -0.3 is 16.2 Å². The molecule has 0 spiro atoms. The van der Waals surface area contributed by atoms with Gasteiger partial charge in [-0.1, -0.05) is 59.7 Å². The topological polar surface area (TPSA) is 87.2 Å². The number of rotatable bonds is 2. The molecule has 0 saturated carbocycles. The number of anilines is 1. The third kappa shape index (κ3) is 2.79. The van der Waals surface area contributed by atoms with Crippen LogP contribution in [0, 0.1) is 19.3 Å². The Morgan fingerprint density at radius 1 is 0.857 bits per heavy atom. The zero-order chi connectivity index (χ0) is 20.0. The third-order valence-corrected chi connectivity index (χ3v) is 5.09. The molecule has 1 aliphatic carbocycles. The molecule has 0 saturated heterocycles. The summed E-state index contributed by atoms with van der Waals surface area (Å²) in [7, 11) is 0. The second kappa shape index (κ2) is 6.50. The fourth-order valence-corrected chi connectivity index (χ4v) is 3.52. The Kier molecular flexibility index (Phi) is 4.12. The van der Waals surface area contributed by atoms with E-state index in [2.05, 4.69) is 0 Å². The Morgan fingerprint density at radius 2 is 1.39 bits per heavy atom. The highest BCUT2D eigenvalue weighted by Gasteiger charge is 2.31. The summed E-state index contributed by atoms with van der Waals surface area (Å²) in [4.78, 5) is 13.2. The van der Waals surface area contributed by atoms with E-state index in [-0.39, 0.29) is 34.1 Å². The first-order valence-corrected chi connectivity index (χ1v) is 9.01. The predicted molar refractivity (Wildman–Crippen MR) is 113 cm³/mol. The number of carbonyl (C=O) groups excluding carboxylic acids is 1. The molecule has 0 bridgehead atoms. The maximum Gasteiger partial charge on any atom is 0.196 e. The zero-order valence-corrected chi connectivity index (χ0v) is 15.7. The molecule has 0 atom stereocenters. The minimum atomic E-state index is -0.280.